The number of benzene rings is 3. The van der Waals surface area contributed by atoms with Crippen LogP contribution in [0, 0.1) is 0 Å². The molecule has 0 atom stereocenters. The summed E-state index contributed by atoms with van der Waals surface area (Å²) in [7, 11) is 0. The largest absolute Gasteiger partial charge is 0.320 e. The number of nitrogens with zero attached hydrogens (tertiary/aromatic N) is 2. The summed E-state index contributed by atoms with van der Waals surface area (Å²) in [4.78, 5) is 6.23. The fourth-order valence-corrected chi connectivity index (χ4v) is 4.19. The molecule has 0 bridgehead atoms. The van der Waals surface area contributed by atoms with E-state index in [4.69, 9.17) is 4.98 Å². The summed E-state index contributed by atoms with van der Waals surface area (Å²) in [6.45, 7) is 6.91. The van der Waals surface area contributed by atoms with E-state index in [-0.39, 0.29) is 0 Å². The van der Waals surface area contributed by atoms with E-state index in [0.29, 0.717) is 0 Å². The van der Waals surface area contributed by atoms with Crippen molar-refractivity contribution in [2.75, 3.05) is 5.75 Å². The minimum absolute atomic E-state index is 0.744. The smallest absolute Gasteiger partial charge is 0.141 e. The average Bonchev–Trinajstić information content (AvgIpc) is 3.11. The lowest BCUT2D eigenvalue weighted by atomic mass is 10.0. The summed E-state index contributed by atoms with van der Waals surface area (Å²) in [5, 5.41) is 0. The van der Waals surface area contributed by atoms with Gasteiger partial charge in [0.15, 0.2) is 0 Å². The van der Waals surface area contributed by atoms with Crippen molar-refractivity contribution >= 4 is 22.8 Å². The van der Waals surface area contributed by atoms with Crippen LogP contribution in [0.3, 0.4) is 0 Å². The highest BCUT2D eigenvalue weighted by Gasteiger charge is 2.13. The van der Waals surface area contributed by atoms with E-state index in [1.807, 2.05) is 23.9 Å². The van der Waals surface area contributed by atoms with E-state index >= 15 is 0 Å². The predicted octanol–water partition coefficient (Wildman–Crippen LogP) is 7.06. The van der Waals surface area contributed by atoms with Crippen molar-refractivity contribution in [3.63, 3.8) is 0 Å². The van der Waals surface area contributed by atoms with E-state index in [2.05, 4.69) is 84.8 Å². The second-order valence-electron chi connectivity index (χ2n) is 6.78. The molecule has 0 fully saturated rings. The lowest BCUT2D eigenvalue weighted by Gasteiger charge is -2.08. The first-order chi connectivity index (χ1) is 13.8. The van der Waals surface area contributed by atoms with Gasteiger partial charge in [-0.15, -0.1) is 18.3 Å². The van der Waals surface area contributed by atoms with Gasteiger partial charge in [0.1, 0.15) is 5.82 Å². The van der Waals surface area contributed by atoms with Crippen LogP contribution in [0.5, 0.6) is 0 Å². The molecule has 0 saturated heterocycles. The summed E-state index contributed by atoms with van der Waals surface area (Å²) in [5.41, 5.74) is 5.77. The highest BCUT2D eigenvalue weighted by atomic mass is 32.2. The lowest BCUT2D eigenvalue weighted by molar-refractivity contribution is 0.861. The second-order valence-corrected chi connectivity index (χ2v) is 7.95. The molecule has 4 aromatic rings. The quantitative estimate of drug-likeness (QED) is 0.251. The molecule has 0 saturated carbocycles. The van der Waals surface area contributed by atoms with Crippen LogP contribution in [0.25, 0.3) is 33.5 Å². The second kappa shape index (κ2) is 8.49. The molecular weight excluding hydrogens is 360 g/mol. The summed E-state index contributed by atoms with van der Waals surface area (Å²) in [6.07, 6.45) is 3.11. The maximum absolute atomic E-state index is 4.93. The minimum atomic E-state index is 0.744. The molecule has 0 amide bonds. The first kappa shape index (κ1) is 18.6. The fraction of sp³-hybridized carbons (Fsp3) is 0.160. The molecule has 0 spiro atoms. The van der Waals surface area contributed by atoms with Gasteiger partial charge in [0.05, 0.1) is 11.0 Å². The zero-order valence-corrected chi connectivity index (χ0v) is 17.0. The number of allylic oxidation sites excluding steroid dienone is 1. The number of imidazole rings is 1. The summed E-state index contributed by atoms with van der Waals surface area (Å²) < 4.78 is 2.26. The Morgan fingerprint density at radius 1 is 0.929 bits per heavy atom. The van der Waals surface area contributed by atoms with Crippen LogP contribution < -0.4 is 0 Å². The van der Waals surface area contributed by atoms with Crippen LogP contribution >= 0.6 is 11.8 Å². The normalized spacial score (nSPS) is 11.0. The van der Waals surface area contributed by atoms with Gasteiger partial charge < -0.3 is 4.57 Å². The molecule has 2 nitrogen and oxygen atoms in total. The number of fused-ring (bicyclic) bond motifs is 1. The third kappa shape index (κ3) is 3.76. The Bertz CT molecular complexity index is 1080. The van der Waals surface area contributed by atoms with E-state index in [0.717, 1.165) is 29.2 Å². The number of hydrogen-bond donors (Lipinski definition) is 0. The Morgan fingerprint density at radius 3 is 2.36 bits per heavy atom. The van der Waals surface area contributed by atoms with E-state index in [9.17, 15) is 0 Å². The van der Waals surface area contributed by atoms with Gasteiger partial charge in [0.25, 0.3) is 0 Å². The van der Waals surface area contributed by atoms with Crippen LogP contribution in [-0.4, -0.2) is 15.3 Å². The minimum Gasteiger partial charge on any atom is -0.320 e. The first-order valence-electron chi connectivity index (χ1n) is 9.70. The molecule has 0 unspecified atom stereocenters. The Kier molecular flexibility index (Phi) is 5.63. The molecular formula is C25H24N2S. The molecule has 0 aliphatic heterocycles. The lowest BCUT2D eigenvalue weighted by Crippen LogP contribution is -1.98. The Morgan fingerprint density at radius 2 is 1.64 bits per heavy atom. The maximum Gasteiger partial charge on any atom is 0.141 e. The van der Waals surface area contributed by atoms with Crippen LogP contribution in [0.4, 0.5) is 0 Å². The monoisotopic (exact) mass is 384 g/mol. The molecule has 28 heavy (non-hydrogen) atoms. The first-order valence-corrected chi connectivity index (χ1v) is 10.7. The molecule has 140 valence electrons. The van der Waals surface area contributed by atoms with Gasteiger partial charge >= 0.3 is 0 Å². The SMILES string of the molecule is C=CCn1c(-c2ccc(-c3ccccc3)cc2)nc2ccc(SCCC)cc21. The molecule has 3 aromatic carbocycles. The average molecular weight is 385 g/mol. The van der Waals surface area contributed by atoms with Gasteiger partial charge in [0, 0.05) is 17.0 Å². The van der Waals surface area contributed by atoms with Crippen molar-refractivity contribution < 1.29 is 0 Å². The standard InChI is InChI=1S/C25H24N2S/c1-3-16-27-24-18-22(28-17-4-2)14-15-23(24)26-25(27)21-12-10-20(11-13-21)19-8-6-5-7-9-19/h3,5-15,18H,1,4,16-17H2,2H3. The van der Waals surface area contributed by atoms with Gasteiger partial charge in [-0.3, -0.25) is 0 Å². The molecule has 0 aliphatic carbocycles. The topological polar surface area (TPSA) is 17.8 Å². The zero-order chi connectivity index (χ0) is 19.3. The third-order valence-electron chi connectivity index (χ3n) is 4.75. The van der Waals surface area contributed by atoms with Crippen molar-refractivity contribution in [3.05, 3.63) is 85.5 Å². The van der Waals surface area contributed by atoms with Gasteiger partial charge in [0.2, 0.25) is 0 Å². The predicted molar refractivity (Wildman–Crippen MR) is 122 cm³/mol. The van der Waals surface area contributed by atoms with Crippen LogP contribution in [0.1, 0.15) is 13.3 Å². The number of rotatable bonds is 7. The summed E-state index contributed by atoms with van der Waals surface area (Å²) in [5.74, 6) is 2.13. The number of aromatic nitrogens is 2. The zero-order valence-electron chi connectivity index (χ0n) is 16.1. The fourth-order valence-electron chi connectivity index (χ4n) is 3.39. The summed E-state index contributed by atoms with van der Waals surface area (Å²) in [6, 6.07) is 25.7. The summed E-state index contributed by atoms with van der Waals surface area (Å²) >= 11 is 1.90. The van der Waals surface area contributed by atoms with Crippen molar-refractivity contribution in [1.82, 2.24) is 9.55 Å². The molecule has 0 radical (unpaired) electrons. The van der Waals surface area contributed by atoms with Crippen LogP contribution in [-0.2, 0) is 6.54 Å². The molecule has 4 rings (SSSR count). The third-order valence-corrected chi connectivity index (χ3v) is 5.95. The molecule has 1 heterocycles. The van der Waals surface area contributed by atoms with Gasteiger partial charge in [-0.1, -0.05) is 67.6 Å². The molecule has 3 heteroatoms. The number of hydrogen-bond acceptors (Lipinski definition) is 2. The van der Waals surface area contributed by atoms with Crippen LogP contribution in [0.15, 0.2) is 90.3 Å². The van der Waals surface area contributed by atoms with Gasteiger partial charge in [-0.25, -0.2) is 4.98 Å². The Hall–Kier alpha value is -2.78. The number of thioether (sulfide) groups is 1. The maximum atomic E-state index is 4.93. The van der Waals surface area contributed by atoms with Gasteiger partial charge in [-0.2, -0.15) is 0 Å². The van der Waals surface area contributed by atoms with Crippen molar-refractivity contribution in [3.8, 4) is 22.5 Å². The molecule has 0 aliphatic rings. The highest BCUT2D eigenvalue weighted by molar-refractivity contribution is 7.99. The van der Waals surface area contributed by atoms with Crippen molar-refractivity contribution in [2.45, 2.75) is 24.8 Å². The van der Waals surface area contributed by atoms with Crippen LogP contribution in [0.2, 0.25) is 0 Å². The Balaban J connectivity index is 1.75. The molecule has 1 aromatic heterocycles. The van der Waals surface area contributed by atoms with Crippen molar-refractivity contribution in [1.29, 1.82) is 0 Å². The molecule has 0 N–H and O–H groups in total. The van der Waals surface area contributed by atoms with Crippen molar-refractivity contribution in [2.24, 2.45) is 0 Å². The van der Waals surface area contributed by atoms with Gasteiger partial charge in [-0.05, 0) is 41.5 Å². The highest BCUT2D eigenvalue weighted by Crippen LogP contribution is 2.30. The van der Waals surface area contributed by atoms with E-state index in [1.165, 1.54) is 28.0 Å². The Labute approximate surface area is 170 Å². The van der Waals surface area contributed by atoms with E-state index < -0.39 is 0 Å². The van der Waals surface area contributed by atoms with E-state index in [1.54, 1.807) is 0 Å².